The molecule has 1 aliphatic carbocycles. The number of carbonyl (C=O) groups is 1. The highest BCUT2D eigenvalue weighted by molar-refractivity contribution is 5.99. The lowest BCUT2D eigenvalue weighted by Crippen LogP contribution is -2.22. The third-order valence-corrected chi connectivity index (χ3v) is 5.28. The van der Waals surface area contributed by atoms with Crippen LogP contribution in [0.4, 0.5) is 11.4 Å². The zero-order valence-electron chi connectivity index (χ0n) is 15.0. The van der Waals surface area contributed by atoms with Gasteiger partial charge in [-0.15, -0.1) is 0 Å². The summed E-state index contributed by atoms with van der Waals surface area (Å²) >= 11 is 0. The summed E-state index contributed by atoms with van der Waals surface area (Å²) < 4.78 is 2.22. The van der Waals surface area contributed by atoms with Gasteiger partial charge in [0.2, 0.25) is 5.91 Å². The van der Waals surface area contributed by atoms with Crippen molar-refractivity contribution < 1.29 is 4.79 Å². The van der Waals surface area contributed by atoms with E-state index in [1.165, 1.54) is 12.0 Å². The monoisotopic (exact) mass is 345 g/mol. The zero-order valence-corrected chi connectivity index (χ0v) is 15.0. The molecule has 0 aliphatic heterocycles. The van der Waals surface area contributed by atoms with E-state index >= 15 is 0 Å². The predicted molar refractivity (Wildman–Crippen MR) is 104 cm³/mol. The standard InChI is InChI=1S/C22H23N3O/c1-17(26)25(20-7-3-2-4-8-20)22-9-5-6-18(15-22)19-10-11-21(14-19)24-13-12-23-16-24/h2-9,12-13,15-16,19,21H,10-11,14H2,1H3/t19-,21+/m1/s1. The molecule has 0 unspecified atom stereocenters. The maximum absolute atomic E-state index is 12.3. The van der Waals surface area contributed by atoms with Crippen LogP contribution in [0, 0.1) is 0 Å². The molecule has 0 bridgehead atoms. The van der Waals surface area contributed by atoms with Gasteiger partial charge in [0, 0.05) is 36.7 Å². The Morgan fingerprint density at radius 1 is 1.08 bits per heavy atom. The first-order valence-corrected chi connectivity index (χ1v) is 9.15. The Balaban J connectivity index is 1.59. The van der Waals surface area contributed by atoms with Crippen molar-refractivity contribution in [2.45, 2.75) is 38.1 Å². The smallest absolute Gasteiger partial charge is 0.228 e. The van der Waals surface area contributed by atoms with Gasteiger partial charge in [0.1, 0.15) is 0 Å². The Labute approximate surface area is 154 Å². The second-order valence-corrected chi connectivity index (χ2v) is 6.96. The molecule has 4 rings (SSSR count). The fourth-order valence-electron chi connectivity index (χ4n) is 4.02. The minimum atomic E-state index is 0.0241. The molecule has 3 aromatic rings. The topological polar surface area (TPSA) is 38.1 Å². The number of rotatable bonds is 4. The van der Waals surface area contributed by atoms with Crippen LogP contribution in [0.25, 0.3) is 0 Å². The van der Waals surface area contributed by atoms with Gasteiger partial charge in [-0.3, -0.25) is 9.69 Å². The van der Waals surface area contributed by atoms with Crippen LogP contribution in [0.5, 0.6) is 0 Å². The van der Waals surface area contributed by atoms with Gasteiger partial charge >= 0.3 is 0 Å². The molecule has 0 spiro atoms. The average Bonchev–Trinajstić information content (AvgIpc) is 3.34. The van der Waals surface area contributed by atoms with E-state index in [-0.39, 0.29) is 5.91 Å². The molecule has 1 amide bonds. The summed E-state index contributed by atoms with van der Waals surface area (Å²) in [4.78, 5) is 18.3. The zero-order chi connectivity index (χ0) is 17.9. The number of anilines is 2. The Morgan fingerprint density at radius 3 is 2.62 bits per heavy atom. The lowest BCUT2D eigenvalue weighted by atomic mass is 9.96. The summed E-state index contributed by atoms with van der Waals surface area (Å²) in [6.07, 6.45) is 9.26. The van der Waals surface area contributed by atoms with Crippen LogP contribution in [0.2, 0.25) is 0 Å². The van der Waals surface area contributed by atoms with Crippen molar-refractivity contribution in [1.82, 2.24) is 9.55 Å². The maximum Gasteiger partial charge on any atom is 0.228 e. The third-order valence-electron chi connectivity index (χ3n) is 5.28. The summed E-state index contributed by atoms with van der Waals surface area (Å²) in [5.74, 6) is 0.544. The highest BCUT2D eigenvalue weighted by atomic mass is 16.2. The van der Waals surface area contributed by atoms with Crippen molar-refractivity contribution in [1.29, 1.82) is 0 Å². The number of amides is 1. The first kappa shape index (κ1) is 16.6. The van der Waals surface area contributed by atoms with Crippen molar-refractivity contribution in [2.75, 3.05) is 4.90 Å². The third kappa shape index (κ3) is 3.27. The Hall–Kier alpha value is -2.88. The van der Waals surface area contributed by atoms with E-state index in [9.17, 15) is 4.79 Å². The minimum absolute atomic E-state index is 0.0241. The van der Waals surface area contributed by atoms with Crippen LogP contribution < -0.4 is 4.90 Å². The first-order valence-electron chi connectivity index (χ1n) is 9.15. The Morgan fingerprint density at radius 2 is 1.88 bits per heavy atom. The molecule has 132 valence electrons. The molecule has 2 atom stereocenters. The summed E-state index contributed by atoms with van der Waals surface area (Å²) in [7, 11) is 0. The fraction of sp³-hybridized carbons (Fsp3) is 0.273. The van der Waals surface area contributed by atoms with Crippen LogP contribution in [0.1, 0.15) is 43.7 Å². The van der Waals surface area contributed by atoms with E-state index in [2.05, 4.69) is 33.9 Å². The number of hydrogen-bond donors (Lipinski definition) is 0. The number of benzene rings is 2. The number of carbonyl (C=O) groups excluding carboxylic acids is 1. The predicted octanol–water partition coefficient (Wildman–Crippen LogP) is 5.08. The fourth-order valence-corrected chi connectivity index (χ4v) is 4.02. The van der Waals surface area contributed by atoms with Gasteiger partial charge in [-0.05, 0) is 55.0 Å². The summed E-state index contributed by atoms with van der Waals surface area (Å²) in [5, 5.41) is 0. The van der Waals surface area contributed by atoms with Gasteiger partial charge < -0.3 is 4.57 Å². The van der Waals surface area contributed by atoms with E-state index < -0.39 is 0 Å². The van der Waals surface area contributed by atoms with E-state index in [1.54, 1.807) is 11.8 Å². The lowest BCUT2D eigenvalue weighted by Gasteiger charge is -2.23. The molecule has 26 heavy (non-hydrogen) atoms. The molecule has 0 N–H and O–H groups in total. The molecule has 1 saturated carbocycles. The average molecular weight is 345 g/mol. The summed E-state index contributed by atoms with van der Waals surface area (Å²) in [6.45, 7) is 1.62. The molecular formula is C22H23N3O. The minimum Gasteiger partial charge on any atom is -0.334 e. The van der Waals surface area contributed by atoms with E-state index in [4.69, 9.17) is 0 Å². The van der Waals surface area contributed by atoms with Crippen LogP contribution >= 0.6 is 0 Å². The highest BCUT2D eigenvalue weighted by Crippen LogP contribution is 2.42. The van der Waals surface area contributed by atoms with Crippen LogP contribution in [0.3, 0.4) is 0 Å². The molecule has 1 aliphatic rings. The second-order valence-electron chi connectivity index (χ2n) is 6.96. The van der Waals surface area contributed by atoms with E-state index in [0.717, 1.165) is 24.2 Å². The van der Waals surface area contributed by atoms with Gasteiger partial charge in [-0.25, -0.2) is 4.98 Å². The molecule has 4 nitrogen and oxygen atoms in total. The van der Waals surface area contributed by atoms with Crippen molar-refractivity contribution in [3.05, 3.63) is 78.9 Å². The highest BCUT2D eigenvalue weighted by Gasteiger charge is 2.27. The molecule has 4 heteroatoms. The molecular weight excluding hydrogens is 322 g/mol. The number of nitrogens with zero attached hydrogens (tertiary/aromatic N) is 3. The molecule has 0 radical (unpaired) electrons. The van der Waals surface area contributed by atoms with Gasteiger partial charge in [0.15, 0.2) is 0 Å². The molecule has 1 heterocycles. The van der Waals surface area contributed by atoms with E-state index in [1.807, 2.05) is 48.9 Å². The van der Waals surface area contributed by atoms with Gasteiger partial charge in [0.05, 0.1) is 6.33 Å². The first-order chi connectivity index (χ1) is 12.7. The SMILES string of the molecule is CC(=O)N(c1ccccc1)c1cccc([C@@H]2CC[C@H](n3ccnc3)C2)c1. The summed E-state index contributed by atoms with van der Waals surface area (Å²) in [6, 6.07) is 18.8. The molecule has 1 aromatic heterocycles. The van der Waals surface area contributed by atoms with Crippen molar-refractivity contribution >= 4 is 17.3 Å². The van der Waals surface area contributed by atoms with Crippen LogP contribution in [-0.4, -0.2) is 15.5 Å². The van der Waals surface area contributed by atoms with Gasteiger partial charge in [0.25, 0.3) is 0 Å². The number of imidazole rings is 1. The quantitative estimate of drug-likeness (QED) is 0.661. The van der Waals surface area contributed by atoms with Crippen molar-refractivity contribution in [2.24, 2.45) is 0 Å². The van der Waals surface area contributed by atoms with Crippen LogP contribution in [0.15, 0.2) is 73.3 Å². The van der Waals surface area contributed by atoms with Crippen molar-refractivity contribution in [3.8, 4) is 0 Å². The second kappa shape index (κ2) is 7.16. The van der Waals surface area contributed by atoms with Crippen LogP contribution in [-0.2, 0) is 4.79 Å². The Kier molecular flexibility index (Phi) is 4.57. The van der Waals surface area contributed by atoms with E-state index in [0.29, 0.717) is 12.0 Å². The number of hydrogen-bond acceptors (Lipinski definition) is 2. The van der Waals surface area contributed by atoms with Gasteiger partial charge in [-0.1, -0.05) is 30.3 Å². The summed E-state index contributed by atoms with van der Waals surface area (Å²) in [5.41, 5.74) is 3.15. The maximum atomic E-state index is 12.3. The Bertz CT molecular complexity index is 873. The largest absolute Gasteiger partial charge is 0.334 e. The number of aromatic nitrogens is 2. The van der Waals surface area contributed by atoms with Gasteiger partial charge in [-0.2, -0.15) is 0 Å². The van der Waals surface area contributed by atoms with Crippen molar-refractivity contribution in [3.63, 3.8) is 0 Å². The normalized spacial score (nSPS) is 19.4. The lowest BCUT2D eigenvalue weighted by molar-refractivity contribution is -0.115. The molecule has 1 fully saturated rings. The molecule has 2 aromatic carbocycles. The number of para-hydroxylation sites is 1. The molecule has 0 saturated heterocycles.